The van der Waals surface area contributed by atoms with E-state index in [4.69, 9.17) is 0 Å². The predicted molar refractivity (Wildman–Crippen MR) is 120 cm³/mol. The summed E-state index contributed by atoms with van der Waals surface area (Å²) in [5.74, 6) is -0.479. The highest BCUT2D eigenvalue weighted by molar-refractivity contribution is 6.07. The first-order valence-electron chi connectivity index (χ1n) is 11.4. The largest absolute Gasteiger partial charge is 0.340 e. The summed E-state index contributed by atoms with van der Waals surface area (Å²) in [5, 5.41) is 2.98. The molecule has 0 aromatic heterocycles. The fourth-order valence-corrected chi connectivity index (χ4v) is 5.06. The van der Waals surface area contributed by atoms with Crippen molar-refractivity contribution in [2.24, 2.45) is 0 Å². The van der Waals surface area contributed by atoms with Crippen molar-refractivity contribution in [3.05, 3.63) is 71.0 Å². The van der Waals surface area contributed by atoms with Crippen molar-refractivity contribution in [2.45, 2.75) is 31.2 Å². The van der Waals surface area contributed by atoms with Crippen LogP contribution in [0.25, 0.3) is 0 Å². The molecule has 33 heavy (non-hydrogen) atoms. The summed E-state index contributed by atoms with van der Waals surface area (Å²) >= 11 is 0. The van der Waals surface area contributed by atoms with Crippen LogP contribution in [-0.4, -0.2) is 70.9 Å². The van der Waals surface area contributed by atoms with Gasteiger partial charge >= 0.3 is 6.03 Å². The zero-order valence-corrected chi connectivity index (χ0v) is 18.4. The van der Waals surface area contributed by atoms with Crippen LogP contribution in [-0.2, 0) is 28.9 Å². The lowest BCUT2D eigenvalue weighted by molar-refractivity contribution is -0.136. The number of halogens is 1. The molecule has 1 N–H and O–H groups in total. The van der Waals surface area contributed by atoms with Crippen molar-refractivity contribution in [3.63, 3.8) is 0 Å². The molecule has 8 heteroatoms. The number of benzene rings is 2. The Labute approximate surface area is 192 Å². The first kappa shape index (κ1) is 21.6. The lowest BCUT2D eigenvalue weighted by Gasteiger charge is -2.36. The number of aryl methyl sites for hydroxylation is 1. The van der Waals surface area contributed by atoms with E-state index in [1.807, 2.05) is 23.1 Å². The second-order valence-electron chi connectivity index (χ2n) is 9.13. The van der Waals surface area contributed by atoms with Gasteiger partial charge in [0, 0.05) is 32.6 Å². The quantitative estimate of drug-likeness (QED) is 0.723. The van der Waals surface area contributed by atoms with Gasteiger partial charge in [0.2, 0.25) is 5.91 Å². The Morgan fingerprint density at radius 1 is 0.970 bits per heavy atom. The molecular formula is C25H27FN4O3. The van der Waals surface area contributed by atoms with Crippen LogP contribution < -0.4 is 5.32 Å². The van der Waals surface area contributed by atoms with Gasteiger partial charge in [-0.15, -0.1) is 0 Å². The highest BCUT2D eigenvalue weighted by atomic mass is 19.1. The fourth-order valence-electron chi connectivity index (χ4n) is 5.06. The molecule has 2 aromatic rings. The molecule has 7 nitrogen and oxygen atoms in total. The third-order valence-electron chi connectivity index (χ3n) is 7.01. The van der Waals surface area contributed by atoms with E-state index in [9.17, 15) is 18.8 Å². The molecule has 2 aliphatic heterocycles. The van der Waals surface area contributed by atoms with Gasteiger partial charge in [-0.1, -0.05) is 36.4 Å². The van der Waals surface area contributed by atoms with Gasteiger partial charge in [0.15, 0.2) is 0 Å². The molecule has 172 valence electrons. The van der Waals surface area contributed by atoms with Crippen LogP contribution in [0.5, 0.6) is 0 Å². The third kappa shape index (κ3) is 4.23. The van der Waals surface area contributed by atoms with Crippen molar-refractivity contribution < 1.29 is 18.8 Å². The first-order chi connectivity index (χ1) is 15.9. The topological polar surface area (TPSA) is 73.0 Å². The normalized spacial score (nSPS) is 23.1. The molecule has 2 heterocycles. The molecule has 0 radical (unpaired) electrons. The van der Waals surface area contributed by atoms with Crippen molar-refractivity contribution >= 4 is 17.8 Å². The van der Waals surface area contributed by atoms with E-state index in [1.54, 1.807) is 17.0 Å². The van der Waals surface area contributed by atoms with Crippen LogP contribution >= 0.6 is 0 Å². The van der Waals surface area contributed by atoms with E-state index in [2.05, 4.69) is 11.4 Å². The number of amides is 4. The maximum absolute atomic E-state index is 13.3. The van der Waals surface area contributed by atoms with Crippen LogP contribution in [0.3, 0.4) is 0 Å². The number of rotatable bonds is 4. The summed E-state index contributed by atoms with van der Waals surface area (Å²) in [6.07, 6.45) is 2.13. The number of imide groups is 1. The fraction of sp³-hybridized carbons (Fsp3) is 0.400. The second-order valence-corrected chi connectivity index (χ2v) is 9.13. The van der Waals surface area contributed by atoms with E-state index in [0.717, 1.165) is 17.5 Å². The molecule has 2 fully saturated rings. The standard InChI is InChI=1S/C25H27FN4O3/c26-21-7-5-18(6-8-21)15-22(31)29-13-11-28(12-14-29)17-30-23(32)25(27-24(30)33)10-9-19-3-1-2-4-20(19)16-25/h1-8H,9-17H2,(H,27,33). The van der Waals surface area contributed by atoms with Crippen LogP contribution in [0.15, 0.2) is 48.5 Å². The van der Waals surface area contributed by atoms with E-state index in [0.29, 0.717) is 39.0 Å². The van der Waals surface area contributed by atoms with Crippen LogP contribution in [0.1, 0.15) is 23.1 Å². The lowest BCUT2D eigenvalue weighted by atomic mass is 9.78. The van der Waals surface area contributed by atoms with E-state index >= 15 is 0 Å². The maximum atomic E-state index is 13.3. The second kappa shape index (κ2) is 8.59. The average Bonchev–Trinajstić information content (AvgIpc) is 3.04. The van der Waals surface area contributed by atoms with Crippen LogP contribution in [0.2, 0.25) is 0 Å². The summed E-state index contributed by atoms with van der Waals surface area (Å²) in [6.45, 7) is 2.46. The smallest absolute Gasteiger partial charge is 0.326 e. The molecule has 3 aliphatic rings. The van der Waals surface area contributed by atoms with Crippen molar-refractivity contribution in [1.29, 1.82) is 0 Å². The molecule has 1 atom stereocenters. The number of piperazine rings is 1. The number of nitrogens with zero attached hydrogens (tertiary/aromatic N) is 3. The van der Waals surface area contributed by atoms with Crippen molar-refractivity contribution in [2.75, 3.05) is 32.8 Å². The number of hydrogen-bond donors (Lipinski definition) is 1. The molecule has 1 unspecified atom stereocenters. The predicted octanol–water partition coefficient (Wildman–Crippen LogP) is 1.95. The molecule has 1 spiro atoms. The van der Waals surface area contributed by atoms with Gasteiger partial charge in [-0.25, -0.2) is 14.1 Å². The number of carbonyl (C=O) groups excluding carboxylic acids is 3. The van der Waals surface area contributed by atoms with Gasteiger partial charge < -0.3 is 10.2 Å². The number of carbonyl (C=O) groups is 3. The Hall–Kier alpha value is -3.26. The summed E-state index contributed by atoms with van der Waals surface area (Å²) in [6, 6.07) is 13.7. The van der Waals surface area contributed by atoms with Gasteiger partial charge in [0.25, 0.3) is 5.91 Å². The monoisotopic (exact) mass is 450 g/mol. The zero-order valence-electron chi connectivity index (χ0n) is 18.4. The Bertz CT molecular complexity index is 1080. The van der Waals surface area contributed by atoms with E-state index < -0.39 is 5.54 Å². The van der Waals surface area contributed by atoms with E-state index in [1.165, 1.54) is 22.6 Å². The Balaban J connectivity index is 1.16. The van der Waals surface area contributed by atoms with Crippen molar-refractivity contribution in [1.82, 2.24) is 20.0 Å². The van der Waals surface area contributed by atoms with Gasteiger partial charge in [-0.3, -0.25) is 14.5 Å². The lowest BCUT2D eigenvalue weighted by Crippen LogP contribution is -2.54. The van der Waals surface area contributed by atoms with Gasteiger partial charge in [0.05, 0.1) is 13.1 Å². The van der Waals surface area contributed by atoms with Gasteiger partial charge in [0.1, 0.15) is 11.4 Å². The summed E-state index contributed by atoms with van der Waals surface area (Å²) < 4.78 is 13.1. The van der Waals surface area contributed by atoms with E-state index in [-0.39, 0.29) is 36.8 Å². The minimum atomic E-state index is -0.849. The minimum absolute atomic E-state index is 0.00364. The number of urea groups is 1. The molecule has 2 saturated heterocycles. The highest BCUT2D eigenvalue weighted by Crippen LogP contribution is 2.33. The van der Waals surface area contributed by atoms with Gasteiger partial charge in [-0.05, 0) is 41.7 Å². The minimum Gasteiger partial charge on any atom is -0.340 e. The number of fused-ring (bicyclic) bond motifs is 1. The molecule has 0 bridgehead atoms. The molecule has 2 aromatic carbocycles. The summed E-state index contributed by atoms with van der Waals surface area (Å²) in [4.78, 5) is 43.8. The SMILES string of the molecule is O=C(Cc1ccc(F)cc1)N1CCN(CN2C(=O)NC3(CCc4ccccc4C3)C2=O)CC1. The molecular weight excluding hydrogens is 423 g/mol. The van der Waals surface area contributed by atoms with Crippen LogP contribution in [0, 0.1) is 5.82 Å². The van der Waals surface area contributed by atoms with Gasteiger partial charge in [-0.2, -0.15) is 0 Å². The molecule has 4 amide bonds. The van der Waals surface area contributed by atoms with Crippen molar-refractivity contribution in [3.8, 4) is 0 Å². The molecule has 0 saturated carbocycles. The first-order valence-corrected chi connectivity index (χ1v) is 11.4. The Kier molecular flexibility index (Phi) is 5.62. The number of hydrogen-bond acceptors (Lipinski definition) is 4. The Morgan fingerprint density at radius 2 is 1.67 bits per heavy atom. The highest BCUT2D eigenvalue weighted by Gasteiger charge is 2.52. The molecule has 1 aliphatic carbocycles. The molecule has 5 rings (SSSR count). The summed E-state index contributed by atoms with van der Waals surface area (Å²) in [7, 11) is 0. The Morgan fingerprint density at radius 3 is 2.39 bits per heavy atom. The van der Waals surface area contributed by atoms with Crippen LogP contribution in [0.4, 0.5) is 9.18 Å². The number of nitrogens with one attached hydrogen (secondary N) is 1. The average molecular weight is 451 g/mol. The maximum Gasteiger partial charge on any atom is 0.326 e. The summed E-state index contributed by atoms with van der Waals surface area (Å²) in [5.41, 5.74) is 2.29. The third-order valence-corrected chi connectivity index (χ3v) is 7.01. The zero-order chi connectivity index (χ0) is 23.0.